The standard InChI is InChI=1S/C21H17Cl4NO/c1-13-2-6-17(7-3-13)26-11-14-8-19(24)21(20(25)9-14)27-12-15-4-5-16(22)10-18(15)23/h2-10,26H,11-12H2,1H3. The third-order valence-corrected chi connectivity index (χ3v) is 5.14. The summed E-state index contributed by atoms with van der Waals surface area (Å²) >= 11 is 24.8. The quantitative estimate of drug-likeness (QED) is 0.422. The number of anilines is 1. The lowest BCUT2D eigenvalue weighted by Gasteiger charge is -2.13. The van der Waals surface area contributed by atoms with Crippen molar-refractivity contribution < 1.29 is 4.74 Å². The third-order valence-electron chi connectivity index (χ3n) is 3.99. The van der Waals surface area contributed by atoms with Crippen molar-refractivity contribution >= 4 is 52.1 Å². The van der Waals surface area contributed by atoms with Crippen LogP contribution >= 0.6 is 46.4 Å². The van der Waals surface area contributed by atoms with E-state index in [1.807, 2.05) is 30.3 Å². The van der Waals surface area contributed by atoms with Crippen LogP contribution < -0.4 is 10.1 Å². The van der Waals surface area contributed by atoms with E-state index in [1.54, 1.807) is 12.1 Å². The predicted octanol–water partition coefficient (Wildman–Crippen LogP) is 7.80. The summed E-state index contributed by atoms with van der Waals surface area (Å²) in [4.78, 5) is 0. The highest BCUT2D eigenvalue weighted by Gasteiger charge is 2.11. The van der Waals surface area contributed by atoms with Gasteiger partial charge in [-0.2, -0.15) is 0 Å². The van der Waals surface area contributed by atoms with Gasteiger partial charge in [0.05, 0.1) is 10.0 Å². The van der Waals surface area contributed by atoms with Gasteiger partial charge in [0.25, 0.3) is 0 Å². The molecule has 0 aromatic heterocycles. The number of nitrogens with one attached hydrogen (secondary N) is 1. The Bertz CT molecular complexity index is 918. The average Bonchev–Trinajstić information content (AvgIpc) is 2.62. The lowest BCUT2D eigenvalue weighted by atomic mass is 10.2. The molecule has 3 aromatic rings. The van der Waals surface area contributed by atoms with Crippen molar-refractivity contribution in [2.45, 2.75) is 20.1 Å². The molecule has 3 rings (SSSR count). The molecule has 0 saturated heterocycles. The maximum atomic E-state index is 6.38. The molecule has 0 radical (unpaired) electrons. The van der Waals surface area contributed by atoms with Crippen molar-refractivity contribution in [3.05, 3.63) is 91.4 Å². The average molecular weight is 441 g/mol. The van der Waals surface area contributed by atoms with Crippen molar-refractivity contribution in [2.24, 2.45) is 0 Å². The first-order valence-corrected chi connectivity index (χ1v) is 9.79. The van der Waals surface area contributed by atoms with Crippen molar-refractivity contribution in [3.8, 4) is 5.75 Å². The molecule has 0 heterocycles. The molecular weight excluding hydrogens is 424 g/mol. The zero-order chi connectivity index (χ0) is 19.4. The second kappa shape index (κ2) is 9.07. The highest BCUT2D eigenvalue weighted by atomic mass is 35.5. The molecule has 0 saturated carbocycles. The number of aryl methyl sites for hydroxylation is 1. The van der Waals surface area contributed by atoms with E-state index in [0.29, 0.717) is 32.4 Å². The summed E-state index contributed by atoms with van der Waals surface area (Å²) in [6.07, 6.45) is 0. The Labute approximate surface area is 179 Å². The van der Waals surface area contributed by atoms with Gasteiger partial charge in [0.1, 0.15) is 6.61 Å². The molecule has 0 aliphatic heterocycles. The topological polar surface area (TPSA) is 21.3 Å². The van der Waals surface area contributed by atoms with Gasteiger partial charge >= 0.3 is 0 Å². The Morgan fingerprint density at radius 1 is 0.815 bits per heavy atom. The van der Waals surface area contributed by atoms with E-state index >= 15 is 0 Å². The van der Waals surface area contributed by atoms with Gasteiger partial charge in [-0.05, 0) is 48.9 Å². The normalized spacial score (nSPS) is 10.7. The van der Waals surface area contributed by atoms with Crippen LogP contribution in [0.1, 0.15) is 16.7 Å². The Hall–Kier alpha value is -1.58. The van der Waals surface area contributed by atoms with Crippen LogP contribution in [0.5, 0.6) is 5.75 Å². The van der Waals surface area contributed by atoms with E-state index in [-0.39, 0.29) is 6.61 Å². The summed E-state index contributed by atoms with van der Waals surface area (Å²) in [5.41, 5.74) is 4.01. The third kappa shape index (κ3) is 5.46. The van der Waals surface area contributed by atoms with Crippen LogP contribution in [-0.2, 0) is 13.2 Å². The minimum atomic E-state index is 0.246. The SMILES string of the molecule is Cc1ccc(NCc2cc(Cl)c(OCc3ccc(Cl)cc3Cl)c(Cl)c2)cc1. The molecule has 2 nitrogen and oxygen atoms in total. The summed E-state index contributed by atoms with van der Waals surface area (Å²) < 4.78 is 5.79. The highest BCUT2D eigenvalue weighted by molar-refractivity contribution is 6.37. The van der Waals surface area contributed by atoms with E-state index in [4.69, 9.17) is 51.1 Å². The molecule has 0 fully saturated rings. The van der Waals surface area contributed by atoms with Gasteiger partial charge in [-0.1, -0.05) is 70.2 Å². The maximum Gasteiger partial charge on any atom is 0.156 e. The van der Waals surface area contributed by atoms with Gasteiger partial charge in [0, 0.05) is 27.8 Å². The van der Waals surface area contributed by atoms with E-state index in [0.717, 1.165) is 16.8 Å². The van der Waals surface area contributed by atoms with Crippen molar-refractivity contribution in [3.63, 3.8) is 0 Å². The van der Waals surface area contributed by atoms with E-state index < -0.39 is 0 Å². The lowest BCUT2D eigenvalue weighted by molar-refractivity contribution is 0.306. The summed E-state index contributed by atoms with van der Waals surface area (Å²) in [6.45, 7) is 2.90. The summed E-state index contributed by atoms with van der Waals surface area (Å²) in [7, 11) is 0. The van der Waals surface area contributed by atoms with Crippen LogP contribution in [0.2, 0.25) is 20.1 Å². The van der Waals surface area contributed by atoms with Crippen LogP contribution in [-0.4, -0.2) is 0 Å². The van der Waals surface area contributed by atoms with Crippen LogP contribution in [0.4, 0.5) is 5.69 Å². The number of hydrogen-bond donors (Lipinski definition) is 1. The zero-order valence-electron chi connectivity index (χ0n) is 14.5. The largest absolute Gasteiger partial charge is 0.486 e. The summed E-state index contributed by atoms with van der Waals surface area (Å²) in [5.74, 6) is 0.434. The van der Waals surface area contributed by atoms with Crippen molar-refractivity contribution in [1.82, 2.24) is 0 Å². The Kier molecular flexibility index (Phi) is 6.78. The number of halogens is 4. The van der Waals surface area contributed by atoms with E-state index in [1.165, 1.54) is 5.56 Å². The van der Waals surface area contributed by atoms with Crippen molar-refractivity contribution in [2.75, 3.05) is 5.32 Å². The molecule has 0 bridgehead atoms. The Balaban J connectivity index is 1.67. The molecule has 6 heteroatoms. The maximum absolute atomic E-state index is 6.38. The second-order valence-electron chi connectivity index (χ2n) is 6.13. The molecule has 3 aromatic carbocycles. The smallest absolute Gasteiger partial charge is 0.156 e. The highest BCUT2D eigenvalue weighted by Crippen LogP contribution is 2.35. The minimum absolute atomic E-state index is 0.246. The first-order chi connectivity index (χ1) is 12.9. The van der Waals surface area contributed by atoms with Gasteiger partial charge in [-0.15, -0.1) is 0 Å². The second-order valence-corrected chi connectivity index (χ2v) is 7.79. The molecule has 0 amide bonds. The van der Waals surface area contributed by atoms with Gasteiger partial charge in [-0.25, -0.2) is 0 Å². The minimum Gasteiger partial charge on any atom is -0.486 e. The van der Waals surface area contributed by atoms with Gasteiger partial charge in [-0.3, -0.25) is 0 Å². The fourth-order valence-electron chi connectivity index (χ4n) is 2.52. The molecule has 0 atom stereocenters. The van der Waals surface area contributed by atoms with Crippen LogP contribution in [0.3, 0.4) is 0 Å². The molecule has 0 aliphatic rings. The molecule has 27 heavy (non-hydrogen) atoms. The van der Waals surface area contributed by atoms with Crippen LogP contribution in [0, 0.1) is 6.92 Å². The monoisotopic (exact) mass is 439 g/mol. The molecule has 0 aliphatic carbocycles. The molecule has 140 valence electrons. The summed E-state index contributed by atoms with van der Waals surface area (Å²) in [6, 6.07) is 17.1. The molecule has 0 unspecified atom stereocenters. The van der Waals surface area contributed by atoms with Crippen molar-refractivity contribution in [1.29, 1.82) is 0 Å². The van der Waals surface area contributed by atoms with Crippen LogP contribution in [0.15, 0.2) is 54.6 Å². The van der Waals surface area contributed by atoms with Crippen LogP contribution in [0.25, 0.3) is 0 Å². The fraction of sp³-hybridized carbons (Fsp3) is 0.143. The van der Waals surface area contributed by atoms with E-state index in [9.17, 15) is 0 Å². The number of rotatable bonds is 6. The fourth-order valence-corrected chi connectivity index (χ4v) is 3.62. The molecule has 1 N–H and O–H groups in total. The lowest BCUT2D eigenvalue weighted by Crippen LogP contribution is -2.01. The molecule has 0 spiro atoms. The number of ether oxygens (including phenoxy) is 1. The summed E-state index contributed by atoms with van der Waals surface area (Å²) in [5, 5.41) is 5.36. The van der Waals surface area contributed by atoms with Gasteiger partial charge < -0.3 is 10.1 Å². The molecular formula is C21H17Cl4NO. The zero-order valence-corrected chi connectivity index (χ0v) is 17.6. The first kappa shape index (κ1) is 20.2. The van der Waals surface area contributed by atoms with Gasteiger partial charge in [0.2, 0.25) is 0 Å². The first-order valence-electron chi connectivity index (χ1n) is 8.27. The Morgan fingerprint density at radius 2 is 1.48 bits per heavy atom. The Morgan fingerprint density at radius 3 is 2.11 bits per heavy atom. The predicted molar refractivity (Wildman–Crippen MR) is 116 cm³/mol. The number of hydrogen-bond acceptors (Lipinski definition) is 2. The number of benzene rings is 3. The van der Waals surface area contributed by atoms with Gasteiger partial charge in [0.15, 0.2) is 5.75 Å². The van der Waals surface area contributed by atoms with E-state index in [2.05, 4.69) is 24.4 Å².